The summed E-state index contributed by atoms with van der Waals surface area (Å²) in [6, 6.07) is 79.7. The lowest BCUT2D eigenvalue weighted by Crippen LogP contribution is -2.31. The maximum absolute atomic E-state index is 6.80. The molecule has 0 fully saturated rings. The smallest absolute Gasteiger partial charge is 0.269 e. The van der Waals surface area contributed by atoms with Crippen LogP contribution < -0.4 is 18.9 Å². The molecule has 0 spiro atoms. The van der Waals surface area contributed by atoms with Crippen molar-refractivity contribution in [1.29, 1.82) is 0 Å². The highest BCUT2D eigenvalue weighted by atomic mass is 16.5. The first-order chi connectivity index (χ1) is 33.2. The van der Waals surface area contributed by atoms with Gasteiger partial charge in [0, 0.05) is 29.1 Å². The first kappa shape index (κ1) is 38.3. The molecule has 3 aromatic heterocycles. The van der Waals surface area contributed by atoms with Crippen LogP contribution in [-0.4, -0.2) is 14.1 Å². The van der Waals surface area contributed by atoms with Crippen molar-refractivity contribution < 1.29 is 14.0 Å². The molecule has 316 valence electrons. The molecule has 0 radical (unpaired) electrons. The Morgan fingerprint density at radius 2 is 1.07 bits per heavy atom. The molecule has 0 aliphatic carbocycles. The van der Waals surface area contributed by atoms with E-state index in [1.54, 1.807) is 0 Å². The summed E-state index contributed by atoms with van der Waals surface area (Å²) in [7, 11) is 0. The van der Waals surface area contributed by atoms with Crippen molar-refractivity contribution in [3.63, 3.8) is 0 Å². The number of anilines is 3. The van der Waals surface area contributed by atoms with E-state index in [1.807, 2.05) is 60.8 Å². The first-order valence-corrected chi connectivity index (χ1v) is 22.4. The summed E-state index contributed by atoms with van der Waals surface area (Å²) in [5.74, 6) is 3.81. The van der Waals surface area contributed by atoms with E-state index >= 15 is 0 Å². The SMILES string of the molecule is [c-]1n(-c2cccc(Oc3ccc4c5ccccc5n(-c5cc(N6c7ccccc7Oc7ccccc76)ccn5)c4c3)c2)c2ccccc2[n+]1-c1c(-c2ccccc2)cccc1-c1ccccc1. The van der Waals surface area contributed by atoms with Gasteiger partial charge in [0.1, 0.15) is 17.3 Å². The number of hydrogen-bond acceptors (Lipinski definition) is 4. The fourth-order valence-corrected chi connectivity index (χ4v) is 9.64. The molecule has 0 amide bonds. The van der Waals surface area contributed by atoms with Crippen LogP contribution in [0.5, 0.6) is 23.0 Å². The van der Waals surface area contributed by atoms with Gasteiger partial charge in [-0.2, -0.15) is 0 Å². The number of para-hydroxylation sites is 8. The van der Waals surface area contributed by atoms with Crippen LogP contribution in [0.1, 0.15) is 0 Å². The van der Waals surface area contributed by atoms with E-state index in [1.165, 1.54) is 0 Å². The molecule has 0 saturated carbocycles. The van der Waals surface area contributed by atoms with Gasteiger partial charge in [0.05, 0.1) is 50.5 Å². The van der Waals surface area contributed by atoms with Crippen LogP contribution in [0.4, 0.5) is 17.1 Å². The average Bonchev–Trinajstić information content (AvgIpc) is 3.94. The first-order valence-electron chi connectivity index (χ1n) is 22.4. The van der Waals surface area contributed by atoms with E-state index in [-0.39, 0.29) is 0 Å². The van der Waals surface area contributed by atoms with Crippen molar-refractivity contribution in [3.05, 3.63) is 243 Å². The molecule has 0 saturated heterocycles. The van der Waals surface area contributed by atoms with Crippen molar-refractivity contribution in [2.24, 2.45) is 0 Å². The highest BCUT2D eigenvalue weighted by Gasteiger charge is 2.26. The Morgan fingerprint density at radius 1 is 0.463 bits per heavy atom. The molecule has 4 heterocycles. The van der Waals surface area contributed by atoms with Gasteiger partial charge in [-0.15, -0.1) is 0 Å². The van der Waals surface area contributed by atoms with E-state index < -0.39 is 0 Å². The van der Waals surface area contributed by atoms with Gasteiger partial charge in [0.25, 0.3) is 6.33 Å². The number of aromatic nitrogens is 4. The summed E-state index contributed by atoms with van der Waals surface area (Å²) in [6.07, 6.45) is 5.68. The molecular weight excluding hydrogens is 823 g/mol. The Labute approximate surface area is 386 Å². The van der Waals surface area contributed by atoms with Gasteiger partial charge >= 0.3 is 0 Å². The lowest BCUT2D eigenvalue weighted by molar-refractivity contribution is -0.571. The number of rotatable bonds is 8. The molecule has 13 rings (SSSR count). The Balaban J connectivity index is 0.904. The highest BCUT2D eigenvalue weighted by Crippen LogP contribution is 2.50. The molecule has 0 N–H and O–H groups in total. The quantitative estimate of drug-likeness (QED) is 0.113. The van der Waals surface area contributed by atoms with Crippen LogP contribution in [0.2, 0.25) is 0 Å². The Bertz CT molecular complexity index is 3740. The van der Waals surface area contributed by atoms with Crippen LogP contribution in [0.25, 0.3) is 72.3 Å². The summed E-state index contributed by atoms with van der Waals surface area (Å²) >= 11 is 0. The van der Waals surface area contributed by atoms with Gasteiger partial charge in [0.2, 0.25) is 0 Å². The lowest BCUT2D eigenvalue weighted by Gasteiger charge is -2.32. The topological polar surface area (TPSA) is 48.3 Å². The van der Waals surface area contributed by atoms with Gasteiger partial charge in [-0.3, -0.25) is 13.7 Å². The van der Waals surface area contributed by atoms with E-state index in [9.17, 15) is 0 Å². The molecule has 9 aromatic carbocycles. The summed E-state index contributed by atoms with van der Waals surface area (Å²) in [4.78, 5) is 7.24. The third-order valence-electron chi connectivity index (χ3n) is 12.6. The largest absolute Gasteiger partial charge is 0.458 e. The van der Waals surface area contributed by atoms with E-state index in [2.05, 4.69) is 201 Å². The minimum atomic E-state index is 0.705. The normalized spacial score (nSPS) is 12.0. The molecule has 12 aromatic rings. The van der Waals surface area contributed by atoms with Gasteiger partial charge in [-0.25, -0.2) is 4.98 Å². The third kappa shape index (κ3) is 6.52. The summed E-state index contributed by atoms with van der Waals surface area (Å²) in [5, 5.41) is 2.24. The molecule has 0 bridgehead atoms. The molecule has 7 nitrogen and oxygen atoms in total. The predicted molar refractivity (Wildman–Crippen MR) is 268 cm³/mol. The zero-order valence-electron chi connectivity index (χ0n) is 36.1. The van der Waals surface area contributed by atoms with E-state index in [4.69, 9.17) is 14.5 Å². The van der Waals surface area contributed by atoms with Gasteiger partial charge in [-0.05, 0) is 89.0 Å². The average molecular weight is 862 g/mol. The van der Waals surface area contributed by atoms with Gasteiger partial charge in [-0.1, -0.05) is 152 Å². The zero-order chi connectivity index (χ0) is 44.3. The summed E-state index contributed by atoms with van der Waals surface area (Å²) in [5.41, 5.74) is 13.5. The van der Waals surface area contributed by atoms with Crippen molar-refractivity contribution in [3.8, 4) is 62.4 Å². The second-order valence-electron chi connectivity index (χ2n) is 16.6. The molecule has 1 aliphatic rings. The lowest BCUT2D eigenvalue weighted by atomic mass is 9.95. The maximum atomic E-state index is 6.80. The monoisotopic (exact) mass is 861 g/mol. The molecule has 0 atom stereocenters. The van der Waals surface area contributed by atoms with Crippen molar-refractivity contribution in [2.75, 3.05) is 4.90 Å². The zero-order valence-corrected chi connectivity index (χ0v) is 36.1. The maximum Gasteiger partial charge on any atom is 0.269 e. The number of fused-ring (bicyclic) bond motifs is 6. The molecule has 1 aliphatic heterocycles. The molecular formula is C60H39N5O2. The molecule has 0 unspecified atom stereocenters. The standard InChI is InChI=1S/C60H39N5O2/c1-3-17-41(18-4-1)47-24-16-25-48(42-19-5-2-6-20-42)60(47)63-40-62(52-27-9-10-28-53(52)63)43-21-15-22-45(37-43)66-46-33-34-50-49-23-7-8-26-51(49)65(56(50)39-46)59-38-44(35-36-61-59)64-54-29-11-13-31-57(54)67-58-32-14-12-30-55(58)64/h1-39H. The summed E-state index contributed by atoms with van der Waals surface area (Å²) < 4.78 is 19.7. The second kappa shape index (κ2) is 15.8. The van der Waals surface area contributed by atoms with Crippen LogP contribution in [0.3, 0.4) is 0 Å². The van der Waals surface area contributed by atoms with Crippen LogP contribution in [0.15, 0.2) is 237 Å². The fraction of sp³-hybridized carbons (Fsp3) is 0. The summed E-state index contributed by atoms with van der Waals surface area (Å²) in [6.45, 7) is 0. The Morgan fingerprint density at radius 3 is 1.82 bits per heavy atom. The van der Waals surface area contributed by atoms with Crippen molar-refractivity contribution >= 4 is 49.9 Å². The predicted octanol–water partition coefficient (Wildman–Crippen LogP) is 14.9. The number of hydrogen-bond donors (Lipinski definition) is 0. The van der Waals surface area contributed by atoms with Crippen LogP contribution >= 0.6 is 0 Å². The molecule has 67 heavy (non-hydrogen) atoms. The number of pyridine rings is 1. The number of benzene rings is 9. The number of imidazole rings is 1. The fourth-order valence-electron chi connectivity index (χ4n) is 9.64. The van der Waals surface area contributed by atoms with Crippen LogP contribution in [-0.2, 0) is 0 Å². The number of nitrogens with zero attached hydrogens (tertiary/aromatic N) is 5. The minimum absolute atomic E-state index is 0.705. The highest BCUT2D eigenvalue weighted by molar-refractivity contribution is 6.09. The van der Waals surface area contributed by atoms with Gasteiger partial charge < -0.3 is 14.4 Å². The third-order valence-corrected chi connectivity index (χ3v) is 12.6. The number of ether oxygens (including phenoxy) is 2. The Hall–Kier alpha value is -9.20. The van der Waals surface area contributed by atoms with Crippen molar-refractivity contribution in [1.82, 2.24) is 14.1 Å². The van der Waals surface area contributed by atoms with Gasteiger partial charge in [0.15, 0.2) is 11.5 Å². The van der Waals surface area contributed by atoms with E-state index in [0.29, 0.717) is 11.5 Å². The minimum Gasteiger partial charge on any atom is -0.458 e. The van der Waals surface area contributed by atoms with Crippen molar-refractivity contribution in [2.45, 2.75) is 0 Å². The molecule has 7 heteroatoms. The second-order valence-corrected chi connectivity index (χ2v) is 16.6. The van der Waals surface area contributed by atoms with Crippen LogP contribution in [0, 0.1) is 6.33 Å². The van der Waals surface area contributed by atoms with E-state index in [0.717, 1.165) is 101 Å². The Kier molecular flexibility index (Phi) is 9.03.